The molecule has 0 saturated carbocycles. The van der Waals surface area contributed by atoms with E-state index in [-0.39, 0.29) is 6.04 Å². The molecule has 0 radical (unpaired) electrons. The van der Waals surface area contributed by atoms with Crippen LogP contribution in [0.4, 0.5) is 11.7 Å². The molecule has 0 amide bonds. The predicted molar refractivity (Wildman–Crippen MR) is 78.7 cm³/mol. The highest BCUT2D eigenvalue weighted by molar-refractivity contribution is 9.10. The number of nitrogens with one attached hydrogen (secondary N) is 2. The molecular formula is C13H17BrN4O. The maximum absolute atomic E-state index is 5.56. The van der Waals surface area contributed by atoms with Gasteiger partial charge in [0.2, 0.25) is 5.89 Å². The topological polar surface area (TPSA) is 63.0 Å². The molecule has 1 atom stereocenters. The third-order valence-electron chi connectivity index (χ3n) is 2.91. The zero-order chi connectivity index (χ0) is 14.0. The number of hydrogen-bond donors (Lipinski definition) is 2. The van der Waals surface area contributed by atoms with Crippen LogP contribution in [0.5, 0.6) is 0 Å². The van der Waals surface area contributed by atoms with Crippen molar-refractivity contribution >= 4 is 27.6 Å². The van der Waals surface area contributed by atoms with Crippen molar-refractivity contribution in [1.82, 2.24) is 15.5 Å². The second-order valence-corrected chi connectivity index (χ2v) is 5.37. The number of hydrogen-bond acceptors (Lipinski definition) is 5. The second kappa shape index (κ2) is 5.71. The first-order valence-corrected chi connectivity index (χ1v) is 6.85. The normalized spacial score (nSPS) is 12.5. The molecule has 0 fully saturated rings. The molecule has 0 aliphatic carbocycles. The van der Waals surface area contributed by atoms with Gasteiger partial charge in [0.1, 0.15) is 0 Å². The van der Waals surface area contributed by atoms with Crippen LogP contribution >= 0.6 is 15.9 Å². The zero-order valence-corrected chi connectivity index (χ0v) is 13.0. The molecule has 0 bridgehead atoms. The molecule has 5 nitrogen and oxygen atoms in total. The van der Waals surface area contributed by atoms with Crippen molar-refractivity contribution in [2.45, 2.75) is 26.8 Å². The summed E-state index contributed by atoms with van der Waals surface area (Å²) in [7, 11) is 1.85. The van der Waals surface area contributed by atoms with Crippen molar-refractivity contribution in [2.24, 2.45) is 0 Å². The van der Waals surface area contributed by atoms with Crippen molar-refractivity contribution < 1.29 is 4.42 Å². The second-order valence-electron chi connectivity index (χ2n) is 4.52. The number of anilines is 2. The third kappa shape index (κ3) is 3.13. The van der Waals surface area contributed by atoms with Crippen LogP contribution in [-0.4, -0.2) is 17.2 Å². The summed E-state index contributed by atoms with van der Waals surface area (Å²) in [4.78, 5) is 0. The van der Waals surface area contributed by atoms with E-state index < -0.39 is 0 Å². The lowest BCUT2D eigenvalue weighted by Gasteiger charge is -2.09. The van der Waals surface area contributed by atoms with E-state index in [0.29, 0.717) is 11.9 Å². The summed E-state index contributed by atoms with van der Waals surface area (Å²) in [5, 5.41) is 14.2. The van der Waals surface area contributed by atoms with Crippen LogP contribution in [0.1, 0.15) is 30.0 Å². The van der Waals surface area contributed by atoms with Gasteiger partial charge in [-0.05, 0) is 60.9 Å². The monoisotopic (exact) mass is 324 g/mol. The molecule has 1 heterocycles. The van der Waals surface area contributed by atoms with E-state index in [2.05, 4.69) is 49.8 Å². The van der Waals surface area contributed by atoms with Gasteiger partial charge in [0.25, 0.3) is 0 Å². The molecule has 2 rings (SSSR count). The minimum atomic E-state index is 0.0330. The fourth-order valence-electron chi connectivity index (χ4n) is 1.76. The number of benzene rings is 1. The summed E-state index contributed by atoms with van der Waals surface area (Å²) in [6, 6.07) is 4.57. The first-order valence-electron chi connectivity index (χ1n) is 6.05. The fraction of sp³-hybridized carbons (Fsp3) is 0.385. The van der Waals surface area contributed by atoms with Crippen molar-refractivity contribution in [2.75, 3.05) is 12.4 Å². The Bertz CT molecular complexity index is 559. The summed E-state index contributed by atoms with van der Waals surface area (Å²) in [5.74, 6) is 0.561. The highest BCUT2D eigenvalue weighted by Gasteiger charge is 2.13. The van der Waals surface area contributed by atoms with Crippen LogP contribution in [0, 0.1) is 13.8 Å². The van der Waals surface area contributed by atoms with Gasteiger partial charge in [0.15, 0.2) is 0 Å². The Hall–Kier alpha value is -1.40. The van der Waals surface area contributed by atoms with Crippen LogP contribution in [0.3, 0.4) is 0 Å². The highest BCUT2D eigenvalue weighted by Crippen LogP contribution is 2.30. The average Bonchev–Trinajstić information content (AvgIpc) is 2.81. The minimum Gasteiger partial charge on any atom is -0.406 e. The standard InChI is InChI=1S/C13H17BrN4O/c1-7-5-8(2)11(10(14)6-7)16-13-18-17-12(19-13)9(3)15-4/h5-6,9,15H,1-4H3,(H,16,18). The smallest absolute Gasteiger partial charge is 0.320 e. The molecule has 0 spiro atoms. The number of rotatable bonds is 4. The maximum atomic E-state index is 5.56. The van der Waals surface area contributed by atoms with Gasteiger partial charge in [-0.15, -0.1) is 5.10 Å². The lowest BCUT2D eigenvalue weighted by molar-refractivity contribution is 0.443. The quantitative estimate of drug-likeness (QED) is 0.901. The molecule has 1 aromatic carbocycles. The van der Waals surface area contributed by atoms with E-state index in [1.165, 1.54) is 5.56 Å². The Balaban J connectivity index is 2.24. The molecule has 1 aromatic heterocycles. The Morgan fingerprint density at radius 1 is 1.26 bits per heavy atom. The SMILES string of the molecule is CNC(C)c1nnc(Nc2c(C)cc(C)cc2Br)o1. The summed E-state index contributed by atoms with van der Waals surface area (Å²) in [5.41, 5.74) is 3.26. The molecule has 0 aliphatic rings. The molecule has 0 saturated heterocycles. The summed E-state index contributed by atoms with van der Waals surface area (Å²) >= 11 is 3.54. The summed E-state index contributed by atoms with van der Waals surface area (Å²) < 4.78 is 6.54. The number of nitrogens with zero attached hydrogens (tertiary/aromatic N) is 2. The molecule has 2 N–H and O–H groups in total. The van der Waals surface area contributed by atoms with Crippen molar-refractivity contribution in [3.8, 4) is 0 Å². The molecular weight excluding hydrogens is 308 g/mol. The fourth-order valence-corrected chi connectivity index (χ4v) is 2.54. The van der Waals surface area contributed by atoms with Gasteiger partial charge in [-0.25, -0.2) is 0 Å². The number of aromatic nitrogens is 2. The maximum Gasteiger partial charge on any atom is 0.320 e. The lowest BCUT2D eigenvalue weighted by atomic mass is 10.1. The van der Waals surface area contributed by atoms with E-state index in [1.54, 1.807) is 0 Å². The molecule has 0 aliphatic heterocycles. The molecule has 2 aromatic rings. The van der Waals surface area contributed by atoms with E-state index in [4.69, 9.17) is 4.42 Å². The molecule has 19 heavy (non-hydrogen) atoms. The van der Waals surface area contributed by atoms with Gasteiger partial charge in [0, 0.05) is 4.47 Å². The van der Waals surface area contributed by atoms with E-state index in [0.717, 1.165) is 15.7 Å². The van der Waals surface area contributed by atoms with Gasteiger partial charge in [-0.2, -0.15) is 0 Å². The van der Waals surface area contributed by atoms with Gasteiger partial charge in [-0.3, -0.25) is 0 Å². The van der Waals surface area contributed by atoms with Crippen molar-refractivity contribution in [3.05, 3.63) is 33.6 Å². The summed E-state index contributed by atoms with van der Waals surface area (Å²) in [6.45, 7) is 6.05. The van der Waals surface area contributed by atoms with Crippen molar-refractivity contribution in [3.63, 3.8) is 0 Å². The Morgan fingerprint density at radius 3 is 2.63 bits per heavy atom. The van der Waals surface area contributed by atoms with Gasteiger partial charge >= 0.3 is 6.01 Å². The number of aryl methyl sites for hydroxylation is 2. The summed E-state index contributed by atoms with van der Waals surface area (Å²) in [6.07, 6.45) is 0. The largest absolute Gasteiger partial charge is 0.406 e. The Kier molecular flexibility index (Phi) is 4.21. The van der Waals surface area contributed by atoms with E-state index in [1.807, 2.05) is 27.0 Å². The van der Waals surface area contributed by atoms with Crippen LogP contribution < -0.4 is 10.6 Å². The first-order chi connectivity index (χ1) is 9.01. The van der Waals surface area contributed by atoms with Gasteiger partial charge in [0.05, 0.1) is 11.7 Å². The zero-order valence-electron chi connectivity index (χ0n) is 11.4. The Morgan fingerprint density at radius 2 is 2.00 bits per heavy atom. The molecule has 1 unspecified atom stereocenters. The first kappa shape index (κ1) is 14.0. The molecule has 6 heteroatoms. The van der Waals surface area contributed by atoms with Gasteiger partial charge < -0.3 is 15.1 Å². The average molecular weight is 325 g/mol. The van der Waals surface area contributed by atoms with Crippen LogP contribution in [-0.2, 0) is 0 Å². The minimum absolute atomic E-state index is 0.0330. The van der Waals surface area contributed by atoms with Crippen LogP contribution in [0.2, 0.25) is 0 Å². The molecule has 102 valence electrons. The van der Waals surface area contributed by atoms with Crippen LogP contribution in [0.25, 0.3) is 0 Å². The number of halogens is 1. The Labute approximate surface area is 120 Å². The third-order valence-corrected chi connectivity index (χ3v) is 3.53. The predicted octanol–water partition coefficient (Wildman–Crippen LogP) is 3.47. The van der Waals surface area contributed by atoms with Crippen molar-refractivity contribution in [1.29, 1.82) is 0 Å². The van der Waals surface area contributed by atoms with Gasteiger partial charge in [-0.1, -0.05) is 11.2 Å². The van der Waals surface area contributed by atoms with Crippen LogP contribution in [0.15, 0.2) is 21.0 Å². The van der Waals surface area contributed by atoms with E-state index >= 15 is 0 Å². The highest BCUT2D eigenvalue weighted by atomic mass is 79.9. The van der Waals surface area contributed by atoms with E-state index in [9.17, 15) is 0 Å². The lowest BCUT2D eigenvalue weighted by Crippen LogP contribution is -2.12.